The van der Waals surface area contributed by atoms with Crippen molar-refractivity contribution in [3.05, 3.63) is 46.5 Å². The molecular weight excluding hydrogens is 350 g/mol. The number of anilines is 2. The van der Waals surface area contributed by atoms with Gasteiger partial charge in [-0.15, -0.1) is 11.3 Å². The van der Waals surface area contributed by atoms with Gasteiger partial charge in [-0.1, -0.05) is 6.07 Å². The number of thiophene rings is 1. The molecule has 7 heteroatoms. The average molecular weight is 367 g/mol. The fourth-order valence-corrected chi connectivity index (χ4v) is 4.42. The highest BCUT2D eigenvalue weighted by Crippen LogP contribution is 2.39. The molecule has 0 atom stereocenters. The van der Waals surface area contributed by atoms with Crippen molar-refractivity contribution in [2.45, 2.75) is 13.8 Å². The molecule has 0 aliphatic carbocycles. The van der Waals surface area contributed by atoms with Gasteiger partial charge in [0.2, 0.25) is 5.91 Å². The van der Waals surface area contributed by atoms with Crippen molar-refractivity contribution in [1.82, 2.24) is 4.98 Å². The summed E-state index contributed by atoms with van der Waals surface area (Å²) >= 11 is 1.31. The number of carbonyl (C=O) groups excluding carboxylic acids is 2. The number of amides is 2. The number of methoxy groups -OCH3 is 1. The summed E-state index contributed by atoms with van der Waals surface area (Å²) in [6.45, 7) is 3.83. The summed E-state index contributed by atoms with van der Waals surface area (Å²) in [4.78, 5) is 33.0. The van der Waals surface area contributed by atoms with E-state index in [-0.39, 0.29) is 18.4 Å². The number of pyridine rings is 1. The normalized spacial score (nSPS) is 14.2. The number of hydrogen-bond acceptors (Lipinski definition) is 5. The van der Waals surface area contributed by atoms with E-state index < -0.39 is 0 Å². The van der Waals surface area contributed by atoms with Crippen molar-refractivity contribution in [3.63, 3.8) is 0 Å². The Bertz CT molecular complexity index is 1060. The lowest BCUT2D eigenvalue weighted by Crippen LogP contribution is -2.34. The SMILES string of the molecule is COc1cccc(N2CC(=O)Nc3c(sc4nc(C)cc(C)c34)C2=O)c1. The lowest BCUT2D eigenvalue weighted by Gasteiger charge is -2.19. The van der Waals surface area contributed by atoms with Gasteiger partial charge in [0.25, 0.3) is 5.91 Å². The minimum absolute atomic E-state index is 0.0484. The van der Waals surface area contributed by atoms with Crippen molar-refractivity contribution < 1.29 is 14.3 Å². The highest BCUT2D eigenvalue weighted by molar-refractivity contribution is 7.21. The zero-order valence-electron chi connectivity index (χ0n) is 14.6. The third kappa shape index (κ3) is 2.61. The van der Waals surface area contributed by atoms with E-state index in [9.17, 15) is 9.59 Å². The fraction of sp³-hybridized carbons (Fsp3) is 0.211. The number of benzene rings is 1. The number of nitrogens with zero attached hydrogens (tertiary/aromatic N) is 2. The molecule has 2 amide bonds. The minimum Gasteiger partial charge on any atom is -0.497 e. The van der Waals surface area contributed by atoms with Gasteiger partial charge in [-0.05, 0) is 37.6 Å². The molecule has 132 valence electrons. The van der Waals surface area contributed by atoms with E-state index in [1.165, 1.54) is 16.2 Å². The summed E-state index contributed by atoms with van der Waals surface area (Å²) in [6.07, 6.45) is 0. The first-order valence-electron chi connectivity index (χ1n) is 8.14. The number of aryl methyl sites for hydroxylation is 2. The van der Waals surface area contributed by atoms with E-state index in [1.807, 2.05) is 19.9 Å². The van der Waals surface area contributed by atoms with E-state index >= 15 is 0 Å². The molecule has 2 aromatic heterocycles. The summed E-state index contributed by atoms with van der Waals surface area (Å²) in [5, 5.41) is 3.74. The second-order valence-corrected chi connectivity index (χ2v) is 7.21. The second kappa shape index (κ2) is 6.10. The first kappa shape index (κ1) is 16.5. The van der Waals surface area contributed by atoms with Crippen LogP contribution in [0.25, 0.3) is 10.2 Å². The quantitative estimate of drug-likeness (QED) is 0.752. The first-order chi connectivity index (χ1) is 12.5. The number of fused-ring (bicyclic) bond motifs is 3. The molecule has 26 heavy (non-hydrogen) atoms. The van der Waals surface area contributed by atoms with Crippen molar-refractivity contribution in [2.24, 2.45) is 0 Å². The Hall–Kier alpha value is -2.93. The van der Waals surface area contributed by atoms with Crippen molar-refractivity contribution in [3.8, 4) is 5.75 Å². The van der Waals surface area contributed by atoms with Gasteiger partial charge < -0.3 is 10.1 Å². The molecule has 0 fully saturated rings. The largest absolute Gasteiger partial charge is 0.497 e. The molecule has 3 heterocycles. The van der Waals surface area contributed by atoms with Gasteiger partial charge in [0.1, 0.15) is 22.0 Å². The van der Waals surface area contributed by atoms with Crippen LogP contribution in [0.2, 0.25) is 0 Å². The molecule has 6 nitrogen and oxygen atoms in total. The van der Waals surface area contributed by atoms with Crippen LogP contribution < -0.4 is 15.0 Å². The molecule has 0 saturated carbocycles. The number of hydrogen-bond donors (Lipinski definition) is 1. The van der Waals surface area contributed by atoms with E-state index in [0.29, 0.717) is 22.0 Å². The van der Waals surface area contributed by atoms with E-state index in [1.54, 1.807) is 31.4 Å². The molecule has 0 bridgehead atoms. The standard InChI is InChI=1S/C19H17N3O3S/c1-10-7-11(2)20-18-15(10)16-17(26-18)19(24)22(9-14(23)21-16)12-5-4-6-13(8-12)25-3/h4-8H,9H2,1-3H3,(H,21,23). The Balaban J connectivity index is 1.89. The molecule has 1 aromatic carbocycles. The molecule has 1 aliphatic rings. The maximum atomic E-state index is 13.2. The molecule has 4 rings (SSSR count). The summed E-state index contributed by atoms with van der Waals surface area (Å²) in [5.41, 5.74) is 3.06. The van der Waals surface area contributed by atoms with Gasteiger partial charge in [0.15, 0.2) is 0 Å². The number of nitrogens with one attached hydrogen (secondary N) is 1. The van der Waals surface area contributed by atoms with Crippen LogP contribution in [-0.2, 0) is 4.79 Å². The Labute approximate surface area is 154 Å². The predicted octanol–water partition coefficient (Wildman–Crippen LogP) is 3.52. The van der Waals surface area contributed by atoms with Gasteiger partial charge in [-0.2, -0.15) is 0 Å². The molecule has 1 N–H and O–H groups in total. The van der Waals surface area contributed by atoms with E-state index in [2.05, 4.69) is 10.3 Å². The Kier molecular flexibility index (Phi) is 3.88. The summed E-state index contributed by atoms with van der Waals surface area (Å²) < 4.78 is 5.24. The van der Waals surface area contributed by atoms with Gasteiger partial charge in [0, 0.05) is 22.8 Å². The van der Waals surface area contributed by atoms with Crippen LogP contribution >= 0.6 is 11.3 Å². The molecule has 1 aliphatic heterocycles. The van der Waals surface area contributed by atoms with E-state index in [4.69, 9.17) is 4.74 Å². The highest BCUT2D eigenvalue weighted by Gasteiger charge is 2.31. The predicted molar refractivity (Wildman–Crippen MR) is 102 cm³/mol. The summed E-state index contributed by atoms with van der Waals surface area (Å²) in [5.74, 6) is 0.177. The minimum atomic E-state index is -0.236. The van der Waals surface area contributed by atoms with Crippen LogP contribution in [-0.4, -0.2) is 30.5 Å². The number of aromatic nitrogens is 1. The van der Waals surface area contributed by atoms with Crippen LogP contribution in [0.4, 0.5) is 11.4 Å². The van der Waals surface area contributed by atoms with Crippen molar-refractivity contribution >= 4 is 44.7 Å². The Morgan fingerprint density at radius 2 is 2.04 bits per heavy atom. The summed E-state index contributed by atoms with van der Waals surface area (Å²) in [7, 11) is 1.57. The van der Waals surface area contributed by atoms with Crippen LogP contribution in [0.3, 0.4) is 0 Å². The zero-order chi connectivity index (χ0) is 18.4. The second-order valence-electron chi connectivity index (χ2n) is 6.21. The maximum Gasteiger partial charge on any atom is 0.271 e. The number of rotatable bonds is 2. The Morgan fingerprint density at radius 3 is 2.81 bits per heavy atom. The van der Waals surface area contributed by atoms with Gasteiger partial charge >= 0.3 is 0 Å². The fourth-order valence-electron chi connectivity index (χ4n) is 3.22. The van der Waals surface area contributed by atoms with E-state index in [0.717, 1.165) is 21.5 Å². The monoisotopic (exact) mass is 367 g/mol. The van der Waals surface area contributed by atoms with Gasteiger partial charge in [-0.3, -0.25) is 14.5 Å². The van der Waals surface area contributed by atoms with Crippen LogP contribution in [0.1, 0.15) is 20.9 Å². The maximum absolute atomic E-state index is 13.2. The third-order valence-electron chi connectivity index (χ3n) is 4.36. The molecule has 0 radical (unpaired) electrons. The lowest BCUT2D eigenvalue weighted by molar-refractivity contribution is -0.114. The smallest absolute Gasteiger partial charge is 0.271 e. The topological polar surface area (TPSA) is 71.5 Å². The first-order valence-corrected chi connectivity index (χ1v) is 8.96. The molecule has 0 saturated heterocycles. The Morgan fingerprint density at radius 1 is 1.23 bits per heavy atom. The third-order valence-corrected chi connectivity index (χ3v) is 5.43. The highest BCUT2D eigenvalue weighted by atomic mass is 32.1. The lowest BCUT2D eigenvalue weighted by atomic mass is 10.1. The van der Waals surface area contributed by atoms with Gasteiger partial charge in [0.05, 0.1) is 12.8 Å². The van der Waals surface area contributed by atoms with Gasteiger partial charge in [-0.25, -0.2) is 4.98 Å². The zero-order valence-corrected chi connectivity index (χ0v) is 15.4. The van der Waals surface area contributed by atoms with Crippen LogP contribution in [0.5, 0.6) is 5.75 Å². The molecular formula is C19H17N3O3S. The number of ether oxygens (including phenoxy) is 1. The summed E-state index contributed by atoms with van der Waals surface area (Å²) in [6, 6.07) is 9.09. The van der Waals surface area contributed by atoms with Crippen LogP contribution in [0.15, 0.2) is 30.3 Å². The van der Waals surface area contributed by atoms with Crippen molar-refractivity contribution in [2.75, 3.05) is 23.9 Å². The molecule has 3 aromatic rings. The molecule has 0 spiro atoms. The van der Waals surface area contributed by atoms with Crippen LogP contribution in [0, 0.1) is 13.8 Å². The average Bonchev–Trinajstić information content (AvgIpc) is 2.91. The molecule has 0 unspecified atom stereocenters. The van der Waals surface area contributed by atoms with Crippen molar-refractivity contribution in [1.29, 1.82) is 0 Å². The number of carbonyl (C=O) groups is 2.